The highest BCUT2D eigenvalue weighted by molar-refractivity contribution is 5.79. The van der Waals surface area contributed by atoms with Gasteiger partial charge in [0.1, 0.15) is 5.75 Å². The normalized spacial score (nSPS) is 12.2. The Morgan fingerprint density at radius 3 is 2.76 bits per heavy atom. The molecule has 1 atom stereocenters. The molecule has 1 aromatic rings. The molecule has 3 N–H and O–H groups in total. The molecular weight excluding hydrogens is 216 g/mol. The topological polar surface area (TPSA) is 64.3 Å². The van der Waals surface area contributed by atoms with Crippen molar-refractivity contribution in [2.45, 2.75) is 32.9 Å². The summed E-state index contributed by atoms with van der Waals surface area (Å²) in [5.74, 6) is 0.332. The van der Waals surface area contributed by atoms with Gasteiger partial charge in [-0.2, -0.15) is 0 Å². The van der Waals surface area contributed by atoms with Gasteiger partial charge in [0.25, 0.3) is 5.91 Å². The highest BCUT2D eigenvalue weighted by Gasteiger charge is 2.17. The van der Waals surface area contributed by atoms with Crippen molar-refractivity contribution in [3.05, 3.63) is 29.3 Å². The lowest BCUT2D eigenvalue weighted by Gasteiger charge is -2.19. The molecule has 94 valence electrons. The van der Waals surface area contributed by atoms with Gasteiger partial charge < -0.3 is 15.8 Å². The van der Waals surface area contributed by atoms with Crippen molar-refractivity contribution in [3.8, 4) is 5.75 Å². The minimum atomic E-state index is -0.563. The van der Waals surface area contributed by atoms with Crippen LogP contribution in [0, 0.1) is 6.92 Å². The van der Waals surface area contributed by atoms with E-state index in [0.717, 1.165) is 16.9 Å². The Bertz CT molecular complexity index is 391. The van der Waals surface area contributed by atoms with Gasteiger partial charge in [-0.25, -0.2) is 0 Å². The summed E-state index contributed by atoms with van der Waals surface area (Å²) in [7, 11) is 1.87. The Morgan fingerprint density at radius 2 is 2.24 bits per heavy atom. The van der Waals surface area contributed by atoms with E-state index in [0.29, 0.717) is 13.0 Å². The van der Waals surface area contributed by atoms with Crippen LogP contribution < -0.4 is 15.8 Å². The molecule has 0 aliphatic rings. The van der Waals surface area contributed by atoms with Crippen molar-refractivity contribution in [1.29, 1.82) is 0 Å². The molecule has 1 unspecified atom stereocenters. The number of carbonyl (C=O) groups excluding carboxylic acids is 1. The fourth-order valence-electron chi connectivity index (χ4n) is 1.70. The molecule has 0 fully saturated rings. The summed E-state index contributed by atoms with van der Waals surface area (Å²) in [5.41, 5.74) is 7.34. The number of aryl methyl sites for hydroxylation is 1. The fraction of sp³-hybridized carbons (Fsp3) is 0.462. The Balaban J connectivity index is 2.98. The highest BCUT2D eigenvalue weighted by Crippen LogP contribution is 2.25. The molecule has 0 heterocycles. The van der Waals surface area contributed by atoms with Gasteiger partial charge in [0.15, 0.2) is 6.10 Å². The number of nitrogens with two attached hydrogens (primary N) is 1. The van der Waals surface area contributed by atoms with Gasteiger partial charge in [0.05, 0.1) is 0 Å². The summed E-state index contributed by atoms with van der Waals surface area (Å²) in [6, 6.07) is 5.91. The minimum Gasteiger partial charge on any atom is -0.480 e. The predicted octanol–water partition coefficient (Wildman–Crippen LogP) is 1.36. The van der Waals surface area contributed by atoms with Crippen molar-refractivity contribution in [1.82, 2.24) is 5.32 Å². The molecule has 0 bridgehead atoms. The lowest BCUT2D eigenvalue weighted by molar-refractivity contribution is -0.124. The van der Waals surface area contributed by atoms with Crippen LogP contribution in [0.5, 0.6) is 5.75 Å². The number of amides is 1. The molecule has 1 aromatic carbocycles. The lowest BCUT2D eigenvalue weighted by Crippen LogP contribution is -2.33. The Labute approximate surface area is 102 Å². The first-order valence-electron chi connectivity index (χ1n) is 5.79. The summed E-state index contributed by atoms with van der Waals surface area (Å²) >= 11 is 0. The van der Waals surface area contributed by atoms with Crippen molar-refractivity contribution in [3.63, 3.8) is 0 Å². The maximum atomic E-state index is 11.2. The van der Waals surface area contributed by atoms with E-state index in [1.807, 2.05) is 39.1 Å². The van der Waals surface area contributed by atoms with Gasteiger partial charge in [0.2, 0.25) is 0 Å². The highest BCUT2D eigenvalue weighted by atomic mass is 16.5. The smallest absolute Gasteiger partial charge is 0.258 e. The van der Waals surface area contributed by atoms with Crippen molar-refractivity contribution in [2.75, 3.05) is 7.05 Å². The van der Waals surface area contributed by atoms with Gasteiger partial charge in [-0.15, -0.1) is 0 Å². The largest absolute Gasteiger partial charge is 0.480 e. The Hall–Kier alpha value is -1.55. The van der Waals surface area contributed by atoms with Crippen LogP contribution in [0.4, 0.5) is 0 Å². The summed E-state index contributed by atoms with van der Waals surface area (Å²) in [6.07, 6.45) is 0.00885. The van der Waals surface area contributed by atoms with Gasteiger partial charge in [-0.3, -0.25) is 4.79 Å². The molecule has 0 aliphatic carbocycles. The van der Waals surface area contributed by atoms with Gasteiger partial charge in [0, 0.05) is 12.1 Å². The molecule has 0 aliphatic heterocycles. The average Bonchev–Trinajstić information content (AvgIpc) is 2.28. The second-order valence-corrected chi connectivity index (χ2v) is 4.01. The van der Waals surface area contributed by atoms with Crippen LogP contribution >= 0.6 is 0 Å². The minimum absolute atomic E-state index is 0.425. The zero-order valence-corrected chi connectivity index (χ0v) is 10.6. The molecule has 17 heavy (non-hydrogen) atoms. The molecule has 1 rings (SSSR count). The third-order valence-corrected chi connectivity index (χ3v) is 2.61. The summed E-state index contributed by atoms with van der Waals surface area (Å²) < 4.78 is 5.72. The summed E-state index contributed by atoms with van der Waals surface area (Å²) in [4.78, 5) is 11.2. The lowest BCUT2D eigenvalue weighted by atomic mass is 10.1. The van der Waals surface area contributed by atoms with Crippen molar-refractivity contribution >= 4 is 5.91 Å². The third-order valence-electron chi connectivity index (χ3n) is 2.61. The van der Waals surface area contributed by atoms with E-state index >= 15 is 0 Å². The van der Waals surface area contributed by atoms with Gasteiger partial charge >= 0.3 is 0 Å². The number of primary amides is 1. The van der Waals surface area contributed by atoms with Crippen LogP contribution in [0.25, 0.3) is 0 Å². The van der Waals surface area contributed by atoms with Crippen LogP contribution in [-0.2, 0) is 11.3 Å². The predicted molar refractivity (Wildman–Crippen MR) is 67.8 cm³/mol. The van der Waals surface area contributed by atoms with E-state index in [4.69, 9.17) is 10.5 Å². The van der Waals surface area contributed by atoms with E-state index in [-0.39, 0.29) is 0 Å². The standard InChI is InChI=1S/C13H20N2O2/c1-4-11(13(14)16)17-12-9(2)6-5-7-10(12)8-15-3/h5-7,11,15H,4,8H2,1-3H3,(H2,14,16). The number of hydrogen-bond donors (Lipinski definition) is 2. The van der Waals surface area contributed by atoms with E-state index in [2.05, 4.69) is 5.32 Å². The number of ether oxygens (including phenoxy) is 1. The zero-order chi connectivity index (χ0) is 12.8. The number of rotatable bonds is 6. The first kappa shape index (κ1) is 13.5. The molecule has 1 amide bonds. The third kappa shape index (κ3) is 3.46. The second kappa shape index (κ2) is 6.25. The number of hydrogen-bond acceptors (Lipinski definition) is 3. The average molecular weight is 236 g/mol. The number of carbonyl (C=O) groups is 1. The Kier molecular flexibility index (Phi) is 4.97. The molecule has 0 aromatic heterocycles. The molecule has 4 nitrogen and oxygen atoms in total. The zero-order valence-electron chi connectivity index (χ0n) is 10.6. The Morgan fingerprint density at radius 1 is 1.53 bits per heavy atom. The first-order chi connectivity index (χ1) is 8.10. The van der Waals surface area contributed by atoms with Crippen LogP contribution in [0.15, 0.2) is 18.2 Å². The van der Waals surface area contributed by atoms with Crippen LogP contribution in [0.3, 0.4) is 0 Å². The van der Waals surface area contributed by atoms with Crippen LogP contribution in [0.2, 0.25) is 0 Å². The molecule has 0 saturated carbocycles. The first-order valence-corrected chi connectivity index (χ1v) is 5.79. The maximum absolute atomic E-state index is 11.2. The van der Waals surface area contributed by atoms with Gasteiger partial charge in [-0.05, 0) is 26.0 Å². The van der Waals surface area contributed by atoms with Crippen molar-refractivity contribution < 1.29 is 9.53 Å². The molecule has 0 saturated heterocycles. The van der Waals surface area contributed by atoms with E-state index < -0.39 is 12.0 Å². The van der Waals surface area contributed by atoms with Crippen molar-refractivity contribution in [2.24, 2.45) is 5.73 Å². The summed E-state index contributed by atoms with van der Waals surface area (Å²) in [5, 5.41) is 3.08. The molecular formula is C13H20N2O2. The SMILES string of the molecule is CCC(Oc1c(C)cccc1CNC)C(N)=O. The molecule has 0 radical (unpaired) electrons. The maximum Gasteiger partial charge on any atom is 0.258 e. The molecule has 0 spiro atoms. The van der Waals surface area contributed by atoms with Gasteiger partial charge in [-0.1, -0.05) is 25.1 Å². The van der Waals surface area contributed by atoms with E-state index in [1.54, 1.807) is 0 Å². The number of nitrogens with one attached hydrogen (secondary N) is 1. The summed E-state index contributed by atoms with van der Waals surface area (Å²) in [6.45, 7) is 4.54. The number of para-hydroxylation sites is 1. The fourth-order valence-corrected chi connectivity index (χ4v) is 1.70. The van der Waals surface area contributed by atoms with E-state index in [9.17, 15) is 4.79 Å². The molecule has 4 heteroatoms. The number of benzene rings is 1. The quantitative estimate of drug-likeness (QED) is 0.783. The van der Waals surface area contributed by atoms with Crippen LogP contribution in [-0.4, -0.2) is 19.1 Å². The monoisotopic (exact) mass is 236 g/mol. The van der Waals surface area contributed by atoms with E-state index in [1.165, 1.54) is 0 Å². The van der Waals surface area contributed by atoms with Crippen LogP contribution in [0.1, 0.15) is 24.5 Å². The second-order valence-electron chi connectivity index (χ2n) is 4.01.